The van der Waals surface area contributed by atoms with E-state index in [1.54, 1.807) is 0 Å². The second kappa shape index (κ2) is 16.6. The molecule has 3 nitrogen and oxygen atoms in total. The van der Waals surface area contributed by atoms with Crippen LogP contribution in [0.15, 0.2) is 0 Å². The number of carboxylic acids is 1. The number of hydrogen-bond donors (Lipinski definition) is 1. The molecular weight excluding hydrogens is 159 g/mol. The van der Waals surface area contributed by atoms with Crippen molar-refractivity contribution in [1.29, 1.82) is 0 Å². The van der Waals surface area contributed by atoms with E-state index in [0.717, 1.165) is 19.8 Å². The zero-order valence-corrected chi connectivity index (χ0v) is 10.0. The average molecular weight is 172 g/mol. The Bertz CT molecular complexity index is 60.0. The minimum atomic E-state index is -0.833. The fourth-order valence-electron chi connectivity index (χ4n) is 0.144. The first kappa shape index (κ1) is 17.2. The summed E-state index contributed by atoms with van der Waals surface area (Å²) < 4.78 is 0. The third kappa shape index (κ3) is 62.7. The minimum absolute atomic E-state index is 0. The van der Waals surface area contributed by atoms with Crippen LogP contribution in [-0.2, 0) is 4.79 Å². The molecule has 10 heavy (non-hydrogen) atoms. The molecule has 4 heteroatoms. The van der Waals surface area contributed by atoms with Crippen LogP contribution >= 0.6 is 0 Å². The first-order chi connectivity index (χ1) is 4.15. The van der Waals surface area contributed by atoms with Gasteiger partial charge in [-0.2, -0.15) is 0 Å². The van der Waals surface area contributed by atoms with E-state index >= 15 is 0 Å². The van der Waals surface area contributed by atoms with Crippen LogP contribution in [0.1, 0.15) is 26.7 Å². The summed E-state index contributed by atoms with van der Waals surface area (Å²) in [6.45, 7) is 3.19. The summed E-state index contributed by atoms with van der Waals surface area (Å²) in [5, 5.41) is 16.9. The Balaban J connectivity index is -0.0000000910. The molecule has 0 aliphatic heterocycles. The molecule has 0 rings (SSSR count). The largest absolute Gasteiger partial charge is 1.00 e. The molecule has 56 valence electrons. The number of carboxylic acid groups (broad SMARTS) is 1. The summed E-state index contributed by atoms with van der Waals surface area (Å²) in [6.07, 6.45) is 1.86. The first-order valence-electron chi connectivity index (χ1n) is 2.92. The third-order valence-corrected chi connectivity index (χ3v) is 0.498. The van der Waals surface area contributed by atoms with Crippen molar-refractivity contribution in [2.45, 2.75) is 26.7 Å². The van der Waals surface area contributed by atoms with Crippen LogP contribution in [-0.4, -0.2) is 17.7 Å². The van der Waals surface area contributed by atoms with Crippen molar-refractivity contribution in [3.05, 3.63) is 0 Å². The quantitative estimate of drug-likeness (QED) is 0.459. The number of aliphatic carboxylic acids is 1. The van der Waals surface area contributed by atoms with Crippen molar-refractivity contribution in [1.82, 2.24) is 0 Å². The van der Waals surface area contributed by atoms with Gasteiger partial charge in [0.25, 0.3) is 5.97 Å². The molecule has 0 radical (unpaired) electrons. The van der Waals surface area contributed by atoms with Crippen LogP contribution < -0.4 is 56.5 Å². The first-order valence-corrected chi connectivity index (χ1v) is 2.92. The van der Waals surface area contributed by atoms with Gasteiger partial charge >= 0.3 is 51.4 Å². The maximum atomic E-state index is 9.53. The van der Waals surface area contributed by atoms with Crippen LogP contribution in [0.2, 0.25) is 0 Å². The fraction of sp³-hybridized carbons (Fsp3) is 0.833. The molecule has 0 aromatic carbocycles. The van der Waals surface area contributed by atoms with Crippen LogP contribution in [0.3, 0.4) is 0 Å². The zero-order valence-electron chi connectivity index (χ0n) is 6.89. The van der Waals surface area contributed by atoms with Crippen LogP contribution in [0.25, 0.3) is 0 Å². The molecule has 0 aromatic heterocycles. The van der Waals surface area contributed by atoms with Crippen molar-refractivity contribution in [3.8, 4) is 0 Å². The van der Waals surface area contributed by atoms with E-state index in [1.165, 1.54) is 0 Å². The smallest absolute Gasteiger partial charge is 0.854 e. The average Bonchev–Trinajstić information content (AvgIpc) is 1.66. The van der Waals surface area contributed by atoms with E-state index in [2.05, 4.69) is 0 Å². The van der Waals surface area contributed by atoms with Gasteiger partial charge in [-0.3, -0.25) is 4.79 Å². The normalized spacial score (nSPS) is 6.70. The molecule has 0 aromatic rings. The van der Waals surface area contributed by atoms with Gasteiger partial charge in [-0.05, 0) is 0 Å². The zero-order chi connectivity index (χ0) is 7.70. The third-order valence-electron chi connectivity index (χ3n) is 0.498. The van der Waals surface area contributed by atoms with Gasteiger partial charge < -0.3 is 10.2 Å². The van der Waals surface area contributed by atoms with Gasteiger partial charge in [-0.25, -0.2) is 0 Å². The Morgan fingerprint density at radius 3 is 1.90 bits per heavy atom. The van der Waals surface area contributed by atoms with Crippen molar-refractivity contribution in [3.63, 3.8) is 0 Å². The van der Waals surface area contributed by atoms with Crippen LogP contribution in [0.5, 0.6) is 0 Å². The number of carbonyl (C=O) groups is 1. The predicted octanol–water partition coefficient (Wildman–Crippen LogP) is -2.76. The Hall–Kier alpha value is 1.07. The molecule has 0 amide bonds. The maximum Gasteiger partial charge on any atom is 1.00 e. The standard InChI is InChI=1S/C4H9O.C2H4O2.K/c1-2-3-4-5;1-2(3)4;/h2-4H2,1H3;1H3,(H,3,4);/q-1;;+1. The summed E-state index contributed by atoms with van der Waals surface area (Å²) in [7, 11) is 0. The van der Waals surface area contributed by atoms with Crippen LogP contribution in [0.4, 0.5) is 0 Å². The Morgan fingerprint density at radius 1 is 1.60 bits per heavy atom. The van der Waals surface area contributed by atoms with Gasteiger partial charge in [-0.15, -0.1) is 6.61 Å². The van der Waals surface area contributed by atoms with Crippen molar-refractivity contribution in [2.24, 2.45) is 0 Å². The number of rotatable bonds is 2. The molecule has 0 atom stereocenters. The molecule has 0 heterocycles. The minimum Gasteiger partial charge on any atom is -0.854 e. The van der Waals surface area contributed by atoms with E-state index in [4.69, 9.17) is 9.90 Å². The van der Waals surface area contributed by atoms with Gasteiger partial charge in [0.2, 0.25) is 0 Å². The van der Waals surface area contributed by atoms with Gasteiger partial charge in [0.15, 0.2) is 0 Å². The monoisotopic (exact) mass is 172 g/mol. The summed E-state index contributed by atoms with van der Waals surface area (Å²) in [6, 6.07) is 0. The molecule has 0 bridgehead atoms. The summed E-state index contributed by atoms with van der Waals surface area (Å²) >= 11 is 0. The number of hydrogen-bond acceptors (Lipinski definition) is 2. The van der Waals surface area contributed by atoms with Gasteiger partial charge in [0.05, 0.1) is 0 Å². The maximum absolute atomic E-state index is 9.53. The second-order valence-electron chi connectivity index (χ2n) is 1.58. The second-order valence-corrected chi connectivity index (χ2v) is 1.58. The van der Waals surface area contributed by atoms with E-state index in [1.807, 2.05) is 6.92 Å². The predicted molar refractivity (Wildman–Crippen MR) is 33.1 cm³/mol. The molecular formula is C6H13KO3. The molecule has 0 aliphatic carbocycles. The van der Waals surface area contributed by atoms with Crippen molar-refractivity contribution >= 4 is 5.97 Å². The Labute approximate surface area is 104 Å². The van der Waals surface area contributed by atoms with Crippen molar-refractivity contribution < 1.29 is 66.4 Å². The van der Waals surface area contributed by atoms with Gasteiger partial charge in [0.1, 0.15) is 0 Å². The van der Waals surface area contributed by atoms with Gasteiger partial charge in [0, 0.05) is 6.92 Å². The topological polar surface area (TPSA) is 60.4 Å². The molecule has 0 spiro atoms. The SMILES string of the molecule is CC(=O)O.CCCC[O-].[K+]. The van der Waals surface area contributed by atoms with E-state index < -0.39 is 5.97 Å². The molecule has 0 saturated carbocycles. The molecule has 0 saturated heterocycles. The summed E-state index contributed by atoms with van der Waals surface area (Å²) in [5.41, 5.74) is 0. The van der Waals surface area contributed by atoms with E-state index in [-0.39, 0.29) is 58.0 Å². The van der Waals surface area contributed by atoms with Crippen molar-refractivity contribution in [2.75, 3.05) is 6.61 Å². The van der Waals surface area contributed by atoms with E-state index in [0.29, 0.717) is 0 Å². The Kier molecular flexibility index (Phi) is 28.6. The number of unbranched alkanes of at least 4 members (excludes halogenated alkanes) is 1. The van der Waals surface area contributed by atoms with Crippen LogP contribution in [0, 0.1) is 0 Å². The fourth-order valence-corrected chi connectivity index (χ4v) is 0.144. The summed E-state index contributed by atoms with van der Waals surface area (Å²) in [4.78, 5) is 9.00. The molecule has 0 aliphatic rings. The molecule has 1 N–H and O–H groups in total. The molecule has 0 fully saturated rings. The Morgan fingerprint density at radius 2 is 1.90 bits per heavy atom. The summed E-state index contributed by atoms with van der Waals surface area (Å²) in [5.74, 6) is -0.833. The van der Waals surface area contributed by atoms with E-state index in [9.17, 15) is 5.11 Å². The molecule has 0 unspecified atom stereocenters. The van der Waals surface area contributed by atoms with Gasteiger partial charge in [-0.1, -0.05) is 19.8 Å².